The number of fused-ring (bicyclic) bond motifs is 3. The lowest BCUT2D eigenvalue weighted by molar-refractivity contribution is 0.957. The summed E-state index contributed by atoms with van der Waals surface area (Å²) in [7, 11) is 1.95. The summed E-state index contributed by atoms with van der Waals surface area (Å²) in [6, 6.07) is 10.3. The lowest BCUT2D eigenvalue weighted by atomic mass is 10.0. The van der Waals surface area contributed by atoms with E-state index in [1.807, 2.05) is 37.6 Å². The Bertz CT molecular complexity index is 1250. The Labute approximate surface area is 158 Å². The first kappa shape index (κ1) is 17.3. The van der Waals surface area contributed by atoms with Crippen LogP contribution < -0.4 is 10.9 Å². The quantitative estimate of drug-likeness (QED) is 0.559. The lowest BCUT2D eigenvalue weighted by Gasteiger charge is -2.13. The van der Waals surface area contributed by atoms with Crippen molar-refractivity contribution in [2.45, 2.75) is 34.1 Å². The minimum atomic E-state index is -0.0709. The average Bonchev–Trinajstić information content (AvgIpc) is 2.97. The number of hydrogen-bond donors (Lipinski definition) is 2. The molecular formula is C22H24N4O. The predicted octanol–water partition coefficient (Wildman–Crippen LogP) is 4.65. The molecular weight excluding hydrogens is 336 g/mol. The van der Waals surface area contributed by atoms with Gasteiger partial charge in [0.2, 0.25) is 5.95 Å². The number of pyridine rings is 1. The fraction of sp³-hybridized carbons (Fsp3) is 0.273. The molecule has 27 heavy (non-hydrogen) atoms. The largest absolute Gasteiger partial charge is 0.326 e. The molecule has 4 aromatic rings. The number of H-pyrrole nitrogens is 1. The first-order valence-electron chi connectivity index (χ1n) is 9.26. The molecule has 0 spiro atoms. The highest BCUT2D eigenvalue weighted by molar-refractivity contribution is 6.06. The Balaban J connectivity index is 1.98. The highest BCUT2D eigenvalue weighted by Crippen LogP contribution is 2.30. The van der Waals surface area contributed by atoms with E-state index in [4.69, 9.17) is 4.98 Å². The van der Waals surface area contributed by atoms with Gasteiger partial charge in [-0.1, -0.05) is 31.2 Å². The van der Waals surface area contributed by atoms with Crippen LogP contribution in [0.25, 0.3) is 21.8 Å². The van der Waals surface area contributed by atoms with Crippen LogP contribution in [0.4, 0.5) is 11.6 Å². The molecule has 2 aromatic carbocycles. The van der Waals surface area contributed by atoms with Crippen LogP contribution in [0.3, 0.4) is 0 Å². The van der Waals surface area contributed by atoms with Crippen molar-refractivity contribution in [2.24, 2.45) is 7.05 Å². The van der Waals surface area contributed by atoms with Crippen LogP contribution in [0.5, 0.6) is 0 Å². The molecule has 138 valence electrons. The van der Waals surface area contributed by atoms with Crippen molar-refractivity contribution in [3.05, 3.63) is 63.1 Å². The SMILES string of the molecule is CCc1cccc(C)c1Nc1nc2ccc3c(C)c(C)[nH]c(=O)c3c2n1C. The molecule has 0 fully saturated rings. The maximum atomic E-state index is 12.7. The number of imidazole rings is 1. The van der Waals surface area contributed by atoms with E-state index in [9.17, 15) is 4.79 Å². The zero-order valence-electron chi connectivity index (χ0n) is 16.4. The maximum Gasteiger partial charge on any atom is 0.258 e. The Morgan fingerprint density at radius 3 is 2.67 bits per heavy atom. The molecule has 2 heterocycles. The number of benzene rings is 2. The van der Waals surface area contributed by atoms with Crippen molar-refractivity contribution < 1.29 is 0 Å². The van der Waals surface area contributed by atoms with Crippen LogP contribution in [0.15, 0.2) is 35.1 Å². The molecule has 2 aromatic heterocycles. The number of anilines is 2. The molecule has 0 aliphatic carbocycles. The number of aromatic nitrogens is 3. The van der Waals surface area contributed by atoms with Gasteiger partial charge >= 0.3 is 0 Å². The average molecular weight is 360 g/mol. The molecule has 0 amide bonds. The molecule has 0 aliphatic heterocycles. The molecule has 4 rings (SSSR count). The van der Waals surface area contributed by atoms with Gasteiger partial charge < -0.3 is 14.9 Å². The third-order valence-electron chi connectivity index (χ3n) is 5.51. The Kier molecular flexibility index (Phi) is 4.02. The van der Waals surface area contributed by atoms with E-state index in [0.717, 1.165) is 45.7 Å². The molecule has 5 heteroatoms. The van der Waals surface area contributed by atoms with Crippen LogP contribution in [-0.4, -0.2) is 14.5 Å². The van der Waals surface area contributed by atoms with Gasteiger partial charge in [0.25, 0.3) is 5.56 Å². The fourth-order valence-corrected chi connectivity index (χ4v) is 3.80. The smallest absolute Gasteiger partial charge is 0.258 e. The van der Waals surface area contributed by atoms with E-state index in [1.165, 1.54) is 11.1 Å². The van der Waals surface area contributed by atoms with Crippen LogP contribution in [0, 0.1) is 20.8 Å². The maximum absolute atomic E-state index is 12.7. The Hall–Kier alpha value is -3.08. The summed E-state index contributed by atoms with van der Waals surface area (Å²) in [5.41, 5.74) is 7.10. The van der Waals surface area contributed by atoms with E-state index in [1.54, 1.807) is 0 Å². The van der Waals surface area contributed by atoms with Crippen LogP contribution in [0.2, 0.25) is 0 Å². The summed E-state index contributed by atoms with van der Waals surface area (Å²) in [5, 5.41) is 5.17. The van der Waals surface area contributed by atoms with E-state index in [2.05, 4.69) is 42.3 Å². The zero-order chi connectivity index (χ0) is 19.3. The topological polar surface area (TPSA) is 62.7 Å². The molecule has 0 atom stereocenters. The molecule has 0 aliphatic rings. The van der Waals surface area contributed by atoms with E-state index in [-0.39, 0.29) is 5.56 Å². The minimum Gasteiger partial charge on any atom is -0.326 e. The first-order chi connectivity index (χ1) is 12.9. The monoisotopic (exact) mass is 360 g/mol. The van der Waals surface area contributed by atoms with Crippen molar-refractivity contribution in [3.8, 4) is 0 Å². The summed E-state index contributed by atoms with van der Waals surface area (Å²) in [4.78, 5) is 20.5. The van der Waals surface area contributed by atoms with Crippen molar-refractivity contribution in [1.82, 2.24) is 14.5 Å². The third-order valence-corrected chi connectivity index (χ3v) is 5.51. The Morgan fingerprint density at radius 1 is 1.15 bits per heavy atom. The van der Waals surface area contributed by atoms with Gasteiger partial charge in [-0.3, -0.25) is 4.79 Å². The van der Waals surface area contributed by atoms with Crippen molar-refractivity contribution >= 4 is 33.4 Å². The van der Waals surface area contributed by atoms with Gasteiger partial charge in [0.1, 0.15) is 0 Å². The molecule has 0 saturated heterocycles. The van der Waals surface area contributed by atoms with Gasteiger partial charge in [-0.05, 0) is 55.3 Å². The van der Waals surface area contributed by atoms with Crippen LogP contribution in [0.1, 0.15) is 29.3 Å². The molecule has 0 radical (unpaired) electrons. The summed E-state index contributed by atoms with van der Waals surface area (Å²) >= 11 is 0. The van der Waals surface area contributed by atoms with Gasteiger partial charge in [-0.15, -0.1) is 0 Å². The molecule has 2 N–H and O–H groups in total. The molecule has 0 unspecified atom stereocenters. The summed E-state index contributed by atoms with van der Waals surface area (Å²) < 4.78 is 1.98. The number of aryl methyl sites for hydroxylation is 5. The van der Waals surface area contributed by atoms with Crippen molar-refractivity contribution in [3.63, 3.8) is 0 Å². The van der Waals surface area contributed by atoms with Gasteiger partial charge in [-0.25, -0.2) is 4.98 Å². The lowest BCUT2D eigenvalue weighted by Crippen LogP contribution is -2.11. The van der Waals surface area contributed by atoms with Crippen molar-refractivity contribution in [2.75, 3.05) is 5.32 Å². The summed E-state index contributed by atoms with van der Waals surface area (Å²) in [6.45, 7) is 8.21. The van der Waals surface area contributed by atoms with Crippen LogP contribution in [-0.2, 0) is 13.5 Å². The second-order valence-electron chi connectivity index (χ2n) is 7.14. The minimum absolute atomic E-state index is 0.0709. The first-order valence-corrected chi connectivity index (χ1v) is 9.26. The molecule has 5 nitrogen and oxygen atoms in total. The Morgan fingerprint density at radius 2 is 1.93 bits per heavy atom. The number of rotatable bonds is 3. The van der Waals surface area contributed by atoms with Gasteiger partial charge in [0, 0.05) is 18.4 Å². The number of hydrogen-bond acceptors (Lipinski definition) is 3. The second kappa shape index (κ2) is 6.27. The summed E-state index contributed by atoms with van der Waals surface area (Å²) in [6.07, 6.45) is 0.940. The third kappa shape index (κ3) is 2.62. The van der Waals surface area contributed by atoms with Crippen LogP contribution >= 0.6 is 0 Å². The number of para-hydroxylation sites is 1. The van der Waals surface area contributed by atoms with Gasteiger partial charge in [0.05, 0.1) is 16.4 Å². The van der Waals surface area contributed by atoms with Gasteiger partial charge in [0.15, 0.2) is 0 Å². The fourth-order valence-electron chi connectivity index (χ4n) is 3.80. The molecule has 0 bridgehead atoms. The van der Waals surface area contributed by atoms with E-state index in [0.29, 0.717) is 5.39 Å². The summed E-state index contributed by atoms with van der Waals surface area (Å²) in [5.74, 6) is 0.735. The normalized spacial score (nSPS) is 11.4. The highest BCUT2D eigenvalue weighted by Gasteiger charge is 2.16. The standard InChI is InChI=1S/C22H24N4O/c1-6-15-9-7-8-12(2)19(15)25-22-24-17-11-10-16-13(3)14(4)23-21(27)18(16)20(17)26(22)5/h7-11H,6H2,1-5H3,(H,23,27)(H,24,25). The molecule has 0 saturated carbocycles. The predicted molar refractivity (Wildman–Crippen MR) is 112 cm³/mol. The van der Waals surface area contributed by atoms with E-state index < -0.39 is 0 Å². The zero-order valence-corrected chi connectivity index (χ0v) is 16.4. The number of nitrogens with zero attached hydrogens (tertiary/aromatic N) is 2. The number of nitrogens with one attached hydrogen (secondary N) is 2. The number of aromatic amines is 1. The van der Waals surface area contributed by atoms with Gasteiger partial charge in [-0.2, -0.15) is 0 Å². The highest BCUT2D eigenvalue weighted by atomic mass is 16.1. The second-order valence-corrected chi connectivity index (χ2v) is 7.14. The van der Waals surface area contributed by atoms with Crippen molar-refractivity contribution in [1.29, 1.82) is 0 Å². The van der Waals surface area contributed by atoms with E-state index >= 15 is 0 Å².